The highest BCUT2D eigenvalue weighted by atomic mass is 16.5. The Kier molecular flexibility index (Phi) is 5.28. The molecule has 0 radical (unpaired) electrons. The van der Waals surface area contributed by atoms with E-state index in [-0.39, 0.29) is 17.9 Å². The average Bonchev–Trinajstić information content (AvgIpc) is 3.45. The van der Waals surface area contributed by atoms with E-state index in [1.165, 1.54) is 0 Å². The first-order valence-electron chi connectivity index (χ1n) is 11.3. The Labute approximate surface area is 196 Å². The van der Waals surface area contributed by atoms with Crippen molar-refractivity contribution in [1.29, 1.82) is 0 Å². The Morgan fingerprint density at radius 2 is 1.97 bits per heavy atom. The highest BCUT2D eigenvalue weighted by molar-refractivity contribution is 6.02. The van der Waals surface area contributed by atoms with Crippen molar-refractivity contribution >= 4 is 22.8 Å². The molecule has 5 rings (SSSR count). The van der Waals surface area contributed by atoms with Gasteiger partial charge < -0.3 is 24.5 Å². The molecule has 2 amide bonds. The topological polar surface area (TPSA) is 101 Å². The predicted octanol–water partition coefficient (Wildman–Crippen LogP) is 2.95. The fourth-order valence-corrected chi connectivity index (χ4v) is 4.79. The molecule has 1 aliphatic heterocycles. The minimum atomic E-state index is -0.505. The van der Waals surface area contributed by atoms with Gasteiger partial charge in [0.1, 0.15) is 11.3 Å². The first kappa shape index (κ1) is 22.0. The number of pyridine rings is 1. The number of carbonyl (C=O) groups is 2. The zero-order chi connectivity index (χ0) is 24.1. The van der Waals surface area contributed by atoms with E-state index in [4.69, 9.17) is 4.74 Å². The lowest BCUT2D eigenvalue weighted by Crippen LogP contribution is -2.37. The van der Waals surface area contributed by atoms with Crippen molar-refractivity contribution < 1.29 is 19.4 Å². The van der Waals surface area contributed by atoms with E-state index in [9.17, 15) is 14.7 Å². The minimum Gasteiger partial charge on any atom is -0.453 e. The van der Waals surface area contributed by atoms with E-state index in [1.807, 2.05) is 49.7 Å². The molecule has 5 heterocycles. The van der Waals surface area contributed by atoms with Gasteiger partial charge in [-0.3, -0.25) is 9.59 Å². The van der Waals surface area contributed by atoms with Gasteiger partial charge in [-0.1, -0.05) is 0 Å². The van der Waals surface area contributed by atoms with Gasteiger partial charge in [-0.2, -0.15) is 5.10 Å². The molecule has 0 spiro atoms. The summed E-state index contributed by atoms with van der Waals surface area (Å²) in [6.45, 7) is 6.16. The molecule has 9 nitrogen and oxygen atoms in total. The smallest absolute Gasteiger partial charge is 0.256 e. The minimum absolute atomic E-state index is 0.121. The van der Waals surface area contributed by atoms with Crippen molar-refractivity contribution in [3.63, 3.8) is 0 Å². The largest absolute Gasteiger partial charge is 0.453 e. The number of aliphatic hydroxyl groups excluding tert-OH is 1. The van der Waals surface area contributed by atoms with Crippen LogP contribution >= 0.6 is 0 Å². The normalized spacial score (nSPS) is 18.1. The number of ether oxygens (including phenoxy) is 1. The maximum absolute atomic E-state index is 13.2. The molecule has 0 aromatic carbocycles. The summed E-state index contributed by atoms with van der Waals surface area (Å²) in [5, 5.41) is 17.1. The van der Waals surface area contributed by atoms with Gasteiger partial charge in [0.2, 0.25) is 0 Å². The lowest BCUT2D eigenvalue weighted by atomic mass is 10.1. The first-order chi connectivity index (χ1) is 16.3. The zero-order valence-electron chi connectivity index (χ0n) is 19.6. The second-order valence-electron chi connectivity index (χ2n) is 8.78. The van der Waals surface area contributed by atoms with E-state index in [1.54, 1.807) is 34.9 Å². The number of hydrogen-bond donors (Lipinski definition) is 2. The van der Waals surface area contributed by atoms with Gasteiger partial charge in [0.05, 0.1) is 41.2 Å². The van der Waals surface area contributed by atoms with Crippen LogP contribution in [0.3, 0.4) is 0 Å². The molecule has 4 aromatic rings. The molecule has 1 saturated heterocycles. The van der Waals surface area contributed by atoms with Crippen LogP contribution < -0.4 is 10.1 Å². The number of nitrogens with zero attached hydrogens (tertiary/aromatic N) is 4. The van der Waals surface area contributed by atoms with Crippen LogP contribution in [0.4, 0.5) is 0 Å². The van der Waals surface area contributed by atoms with E-state index >= 15 is 0 Å². The Morgan fingerprint density at radius 3 is 2.68 bits per heavy atom. The van der Waals surface area contributed by atoms with Crippen LogP contribution in [0.2, 0.25) is 0 Å². The molecule has 34 heavy (non-hydrogen) atoms. The fourth-order valence-electron chi connectivity index (χ4n) is 4.79. The number of amides is 2. The van der Waals surface area contributed by atoms with Gasteiger partial charge in [-0.05, 0) is 50.5 Å². The number of aryl methyl sites for hydroxylation is 2. The van der Waals surface area contributed by atoms with Crippen molar-refractivity contribution in [1.82, 2.24) is 24.2 Å². The van der Waals surface area contributed by atoms with Crippen molar-refractivity contribution in [2.45, 2.75) is 39.3 Å². The number of nitrogens with one attached hydrogen (secondary N) is 1. The highest BCUT2D eigenvalue weighted by Gasteiger charge is 2.34. The average molecular weight is 462 g/mol. The second kappa shape index (κ2) is 8.18. The number of aromatic nitrogens is 3. The van der Waals surface area contributed by atoms with Gasteiger partial charge in [0.15, 0.2) is 5.75 Å². The van der Waals surface area contributed by atoms with Crippen LogP contribution in [0.1, 0.15) is 45.2 Å². The predicted molar refractivity (Wildman–Crippen MR) is 127 cm³/mol. The van der Waals surface area contributed by atoms with Crippen LogP contribution in [0.5, 0.6) is 11.5 Å². The third-order valence-corrected chi connectivity index (χ3v) is 6.71. The Bertz CT molecular complexity index is 1440. The van der Waals surface area contributed by atoms with Gasteiger partial charge in [-0.15, -0.1) is 0 Å². The fraction of sp³-hybridized carbons (Fsp3) is 0.320. The van der Waals surface area contributed by atoms with Gasteiger partial charge in [0.25, 0.3) is 11.8 Å². The molecule has 2 atom stereocenters. The monoisotopic (exact) mass is 461 g/mol. The maximum atomic E-state index is 13.2. The summed E-state index contributed by atoms with van der Waals surface area (Å²) in [7, 11) is 1.61. The molecule has 0 aliphatic carbocycles. The number of rotatable bonds is 4. The van der Waals surface area contributed by atoms with E-state index in [2.05, 4.69) is 10.4 Å². The zero-order valence-corrected chi connectivity index (χ0v) is 19.6. The molecule has 4 aromatic heterocycles. The van der Waals surface area contributed by atoms with Gasteiger partial charge in [-0.25, -0.2) is 4.52 Å². The number of likely N-dealkylation sites (tertiary alicyclic amines) is 1. The standard InChI is InChI=1S/C25H27N5O4/c1-14-11-28-12-17(5-6-19(28)22(14)24(32)26-4)34-21-7-9-27-30-13-18(15(2)23(21)30)25(33)29-10-8-20(31)16(29)3/h5-7,9,11-13,16,20,31H,8,10H2,1-4H3,(H,26,32)/t16-,20-/m1/s1. The van der Waals surface area contributed by atoms with Gasteiger partial charge in [0, 0.05) is 32.1 Å². The lowest BCUT2D eigenvalue weighted by Gasteiger charge is -2.22. The van der Waals surface area contributed by atoms with E-state index in [0.717, 1.165) is 16.6 Å². The molecule has 0 unspecified atom stereocenters. The summed E-state index contributed by atoms with van der Waals surface area (Å²) in [6.07, 6.45) is 7.12. The van der Waals surface area contributed by atoms with Crippen molar-refractivity contribution in [2.24, 2.45) is 0 Å². The van der Waals surface area contributed by atoms with Crippen LogP contribution in [-0.2, 0) is 0 Å². The first-order valence-corrected chi connectivity index (χ1v) is 11.3. The van der Waals surface area contributed by atoms with Crippen molar-refractivity contribution in [3.05, 3.63) is 65.2 Å². The number of hydrogen-bond acceptors (Lipinski definition) is 5. The lowest BCUT2D eigenvalue weighted by molar-refractivity contribution is 0.0666. The molecule has 1 fully saturated rings. The Morgan fingerprint density at radius 1 is 1.18 bits per heavy atom. The third-order valence-electron chi connectivity index (χ3n) is 6.71. The Hall–Kier alpha value is -3.85. The van der Waals surface area contributed by atoms with Crippen LogP contribution in [0.25, 0.3) is 11.0 Å². The summed E-state index contributed by atoms with van der Waals surface area (Å²) in [6, 6.07) is 5.20. The molecular weight excluding hydrogens is 434 g/mol. The summed E-state index contributed by atoms with van der Waals surface area (Å²) < 4.78 is 9.74. The molecule has 9 heteroatoms. The molecule has 2 N–H and O–H groups in total. The summed E-state index contributed by atoms with van der Waals surface area (Å²) >= 11 is 0. The van der Waals surface area contributed by atoms with Crippen LogP contribution in [0.15, 0.2) is 43.0 Å². The van der Waals surface area contributed by atoms with E-state index in [0.29, 0.717) is 41.1 Å². The molecule has 1 aliphatic rings. The van der Waals surface area contributed by atoms with E-state index < -0.39 is 6.10 Å². The molecule has 0 bridgehead atoms. The van der Waals surface area contributed by atoms with Crippen LogP contribution in [0, 0.1) is 13.8 Å². The number of aliphatic hydroxyl groups is 1. The summed E-state index contributed by atoms with van der Waals surface area (Å²) in [5.41, 5.74) is 4.30. The summed E-state index contributed by atoms with van der Waals surface area (Å²) in [5.74, 6) is 0.897. The summed E-state index contributed by atoms with van der Waals surface area (Å²) in [4.78, 5) is 27.2. The second-order valence-corrected chi connectivity index (χ2v) is 8.78. The molecule has 176 valence electrons. The highest BCUT2D eigenvalue weighted by Crippen LogP contribution is 2.32. The van der Waals surface area contributed by atoms with Gasteiger partial charge >= 0.3 is 0 Å². The van der Waals surface area contributed by atoms with Crippen molar-refractivity contribution in [3.8, 4) is 11.5 Å². The molecular formula is C25H27N5O4. The molecule has 0 saturated carbocycles. The SMILES string of the molecule is CNC(=O)c1c(C)cn2cc(Oc3ccnn4cc(C(=O)N5CC[C@@H](O)[C@H]5C)c(C)c34)ccc12. The van der Waals surface area contributed by atoms with Crippen LogP contribution in [-0.4, -0.2) is 61.6 Å². The number of carbonyl (C=O) groups excluding carboxylic acids is 2. The Balaban J connectivity index is 1.51. The number of fused-ring (bicyclic) bond motifs is 2. The third kappa shape index (κ3) is 3.40. The maximum Gasteiger partial charge on any atom is 0.256 e. The van der Waals surface area contributed by atoms with Crippen molar-refractivity contribution in [2.75, 3.05) is 13.6 Å². The quantitative estimate of drug-likeness (QED) is 0.487.